The van der Waals surface area contributed by atoms with Crippen molar-refractivity contribution in [2.45, 2.75) is 4.90 Å². The molecular formula is C15H13N3O3S. The third kappa shape index (κ3) is 2.85. The van der Waals surface area contributed by atoms with Gasteiger partial charge in [0.25, 0.3) is 15.9 Å². The average molecular weight is 315 g/mol. The quantitative estimate of drug-likeness (QED) is 0.641. The number of hydrazine groups is 1. The number of hydrogen-bond acceptors (Lipinski definition) is 3. The van der Waals surface area contributed by atoms with Crippen molar-refractivity contribution in [2.24, 2.45) is 0 Å². The standard InChI is InChI=1S/C15H13N3O3S/c19-15(12-6-7-14-11(10-12)8-9-16-14)17-18-22(20,21)13-4-2-1-3-5-13/h1-10,16,18H,(H,17,19). The molecule has 0 aliphatic carbocycles. The van der Waals surface area contributed by atoms with Gasteiger partial charge in [0.05, 0.1) is 4.90 Å². The highest BCUT2D eigenvalue weighted by Gasteiger charge is 2.15. The first kappa shape index (κ1) is 14.3. The molecule has 0 radical (unpaired) electrons. The Kier molecular flexibility index (Phi) is 3.66. The van der Waals surface area contributed by atoms with Crippen LogP contribution in [0.2, 0.25) is 0 Å². The summed E-state index contributed by atoms with van der Waals surface area (Å²) in [4.78, 5) is 17.2. The zero-order valence-electron chi connectivity index (χ0n) is 11.4. The van der Waals surface area contributed by atoms with Crippen molar-refractivity contribution in [3.05, 3.63) is 66.4 Å². The topological polar surface area (TPSA) is 91.1 Å². The predicted molar refractivity (Wildman–Crippen MR) is 82.5 cm³/mol. The van der Waals surface area contributed by atoms with Gasteiger partial charge >= 0.3 is 0 Å². The van der Waals surface area contributed by atoms with Crippen molar-refractivity contribution in [3.63, 3.8) is 0 Å². The van der Waals surface area contributed by atoms with E-state index in [1.165, 1.54) is 12.1 Å². The lowest BCUT2D eigenvalue weighted by Crippen LogP contribution is -2.41. The lowest BCUT2D eigenvalue weighted by Gasteiger charge is -2.08. The van der Waals surface area contributed by atoms with E-state index in [-0.39, 0.29) is 4.90 Å². The Labute approximate surface area is 127 Å². The van der Waals surface area contributed by atoms with Crippen molar-refractivity contribution in [2.75, 3.05) is 0 Å². The number of aromatic nitrogens is 1. The molecule has 22 heavy (non-hydrogen) atoms. The summed E-state index contributed by atoms with van der Waals surface area (Å²) in [6, 6.07) is 14.7. The number of H-pyrrole nitrogens is 1. The molecule has 3 rings (SSSR count). The van der Waals surface area contributed by atoms with Crippen molar-refractivity contribution >= 4 is 26.8 Å². The highest BCUT2D eigenvalue weighted by Crippen LogP contribution is 2.14. The summed E-state index contributed by atoms with van der Waals surface area (Å²) >= 11 is 0. The molecule has 1 amide bonds. The maximum absolute atomic E-state index is 12.0. The zero-order chi connectivity index (χ0) is 15.6. The Morgan fingerprint density at radius 1 is 1.00 bits per heavy atom. The summed E-state index contributed by atoms with van der Waals surface area (Å²) in [5.41, 5.74) is 3.48. The summed E-state index contributed by atoms with van der Waals surface area (Å²) in [6.07, 6.45) is 1.77. The number of carbonyl (C=O) groups excluding carboxylic acids is 1. The summed E-state index contributed by atoms with van der Waals surface area (Å²) in [6.45, 7) is 0. The molecule has 0 aliphatic heterocycles. The molecule has 0 spiro atoms. The number of nitrogens with one attached hydrogen (secondary N) is 3. The average Bonchev–Trinajstić information content (AvgIpc) is 3.01. The molecule has 7 heteroatoms. The molecule has 0 saturated carbocycles. The van der Waals surface area contributed by atoms with Crippen LogP contribution in [-0.4, -0.2) is 19.3 Å². The molecular weight excluding hydrogens is 302 g/mol. The Hall–Kier alpha value is -2.64. The molecule has 2 aromatic carbocycles. The molecule has 0 saturated heterocycles. The Bertz CT molecular complexity index is 917. The van der Waals surface area contributed by atoms with Crippen LogP contribution in [0, 0.1) is 0 Å². The first-order valence-electron chi connectivity index (χ1n) is 6.51. The number of benzene rings is 2. The van der Waals surface area contributed by atoms with Gasteiger partial charge < -0.3 is 4.98 Å². The first-order valence-corrected chi connectivity index (χ1v) is 7.99. The highest BCUT2D eigenvalue weighted by atomic mass is 32.2. The van der Waals surface area contributed by atoms with E-state index in [1.54, 1.807) is 42.6 Å². The summed E-state index contributed by atoms with van der Waals surface area (Å²) < 4.78 is 24.0. The number of rotatable bonds is 4. The molecule has 0 aliphatic rings. The van der Waals surface area contributed by atoms with Crippen LogP contribution in [0.5, 0.6) is 0 Å². The van der Waals surface area contributed by atoms with Crippen LogP contribution in [0.4, 0.5) is 0 Å². The second kappa shape index (κ2) is 5.63. The Morgan fingerprint density at radius 2 is 1.77 bits per heavy atom. The fourth-order valence-electron chi connectivity index (χ4n) is 2.04. The van der Waals surface area contributed by atoms with E-state index < -0.39 is 15.9 Å². The molecule has 3 N–H and O–H groups in total. The maximum Gasteiger partial charge on any atom is 0.266 e. The van der Waals surface area contributed by atoms with Gasteiger partial charge in [0.2, 0.25) is 0 Å². The van der Waals surface area contributed by atoms with E-state index >= 15 is 0 Å². The lowest BCUT2D eigenvalue weighted by atomic mass is 10.1. The summed E-state index contributed by atoms with van der Waals surface area (Å²) in [7, 11) is -3.78. The molecule has 1 heterocycles. The van der Waals surface area contributed by atoms with E-state index in [1.807, 2.05) is 6.07 Å². The smallest absolute Gasteiger partial charge is 0.266 e. The van der Waals surface area contributed by atoms with Gasteiger partial charge in [-0.05, 0) is 36.4 Å². The van der Waals surface area contributed by atoms with Gasteiger partial charge in [0.1, 0.15) is 0 Å². The molecule has 0 unspecified atom stereocenters. The second-order valence-corrected chi connectivity index (χ2v) is 6.33. The zero-order valence-corrected chi connectivity index (χ0v) is 12.2. The predicted octanol–water partition coefficient (Wildman–Crippen LogP) is 1.79. The van der Waals surface area contributed by atoms with Crippen LogP contribution in [0.1, 0.15) is 10.4 Å². The number of aromatic amines is 1. The van der Waals surface area contributed by atoms with Gasteiger partial charge in [-0.25, -0.2) is 8.42 Å². The van der Waals surface area contributed by atoms with Gasteiger partial charge in [0.15, 0.2) is 0 Å². The molecule has 0 fully saturated rings. The van der Waals surface area contributed by atoms with E-state index in [0.29, 0.717) is 5.56 Å². The Balaban J connectivity index is 1.74. The van der Waals surface area contributed by atoms with Gasteiger partial charge in [-0.1, -0.05) is 18.2 Å². The van der Waals surface area contributed by atoms with E-state index in [2.05, 4.69) is 15.2 Å². The fourth-order valence-corrected chi connectivity index (χ4v) is 2.90. The molecule has 0 atom stereocenters. The fraction of sp³-hybridized carbons (Fsp3) is 0. The van der Waals surface area contributed by atoms with Gasteiger partial charge in [-0.2, -0.15) is 0 Å². The van der Waals surface area contributed by atoms with Crippen molar-refractivity contribution in [1.29, 1.82) is 0 Å². The third-order valence-electron chi connectivity index (χ3n) is 3.17. The maximum atomic E-state index is 12.0. The summed E-state index contributed by atoms with van der Waals surface area (Å²) in [5, 5.41) is 0.874. The monoisotopic (exact) mass is 315 g/mol. The molecule has 112 valence electrons. The first-order chi connectivity index (χ1) is 10.6. The van der Waals surface area contributed by atoms with Crippen molar-refractivity contribution in [3.8, 4) is 0 Å². The van der Waals surface area contributed by atoms with Crippen LogP contribution in [-0.2, 0) is 10.0 Å². The number of hydrogen-bond donors (Lipinski definition) is 3. The minimum atomic E-state index is -3.78. The van der Waals surface area contributed by atoms with Crippen LogP contribution < -0.4 is 10.3 Å². The van der Waals surface area contributed by atoms with Crippen LogP contribution in [0.15, 0.2) is 65.7 Å². The third-order valence-corrected chi connectivity index (χ3v) is 4.43. The van der Waals surface area contributed by atoms with Crippen molar-refractivity contribution in [1.82, 2.24) is 15.2 Å². The minimum absolute atomic E-state index is 0.0800. The summed E-state index contributed by atoms with van der Waals surface area (Å²) in [5.74, 6) is -0.525. The van der Waals surface area contributed by atoms with Crippen molar-refractivity contribution < 1.29 is 13.2 Å². The normalized spacial score (nSPS) is 11.5. The van der Waals surface area contributed by atoms with Gasteiger partial charge in [0, 0.05) is 22.7 Å². The largest absolute Gasteiger partial charge is 0.361 e. The number of sulfonamides is 1. The highest BCUT2D eigenvalue weighted by molar-refractivity contribution is 7.89. The van der Waals surface area contributed by atoms with E-state index in [0.717, 1.165) is 10.9 Å². The second-order valence-electron chi connectivity index (χ2n) is 4.65. The molecule has 0 bridgehead atoms. The number of carbonyl (C=O) groups is 1. The van der Waals surface area contributed by atoms with Gasteiger partial charge in [-0.15, -0.1) is 4.83 Å². The van der Waals surface area contributed by atoms with E-state index in [4.69, 9.17) is 0 Å². The van der Waals surface area contributed by atoms with Crippen LogP contribution in [0.25, 0.3) is 10.9 Å². The lowest BCUT2D eigenvalue weighted by molar-refractivity contribution is 0.0945. The van der Waals surface area contributed by atoms with Crippen LogP contribution in [0.3, 0.4) is 0 Å². The Morgan fingerprint density at radius 3 is 2.55 bits per heavy atom. The molecule has 3 aromatic rings. The van der Waals surface area contributed by atoms with Crippen LogP contribution >= 0.6 is 0 Å². The molecule has 1 aromatic heterocycles. The SMILES string of the molecule is O=C(NNS(=O)(=O)c1ccccc1)c1ccc2[nH]ccc2c1. The van der Waals surface area contributed by atoms with Gasteiger partial charge in [-0.3, -0.25) is 10.2 Å². The van der Waals surface area contributed by atoms with E-state index in [9.17, 15) is 13.2 Å². The number of fused-ring (bicyclic) bond motifs is 1. The molecule has 6 nitrogen and oxygen atoms in total. The number of amides is 1. The minimum Gasteiger partial charge on any atom is -0.361 e.